The Hall–Kier alpha value is -8.80. The second-order valence-corrected chi connectivity index (χ2v) is 32.8. The number of phenolic OH excluding ortho intramolecular Hbond substituents is 1. The second kappa shape index (κ2) is 34.9. The van der Waals surface area contributed by atoms with E-state index in [0.717, 1.165) is 95.6 Å². The summed E-state index contributed by atoms with van der Waals surface area (Å²) in [5.74, 6) is -13.9. The summed E-state index contributed by atoms with van der Waals surface area (Å²) in [5, 5.41) is 122. The van der Waals surface area contributed by atoms with E-state index in [9.17, 15) is 55.2 Å². The lowest BCUT2D eigenvalue weighted by atomic mass is 9.54. The number of carbonyl (C=O) groups is 8. The molecule has 5 aromatic carbocycles. The van der Waals surface area contributed by atoms with Crippen LogP contribution in [0.2, 0.25) is 10.0 Å². The molecule has 14 atom stereocenters. The van der Waals surface area contributed by atoms with Gasteiger partial charge in [0.2, 0.25) is 65.1 Å². The Bertz CT molecular complexity index is 4480. The number of nitrogens with one attached hydrogen (secondary N) is 9. The number of unbranched alkanes of at least 4 members (excludes halogenated alkanes) is 7. The number of halogens is 2. The van der Waals surface area contributed by atoms with E-state index in [4.69, 9.17) is 53.6 Å². The number of nitrogens with two attached hydrogens (primary N) is 2. The summed E-state index contributed by atoms with van der Waals surface area (Å²) in [6, 6.07) is 0.854. The zero-order valence-electron chi connectivity index (χ0n) is 63.6. The molecule has 1 saturated heterocycles. The topological polar surface area (TPSA) is 496 Å². The number of primary amides is 1. The zero-order valence-corrected chi connectivity index (χ0v) is 65.1. The molecule has 5 aromatic rings. The van der Waals surface area contributed by atoms with Crippen molar-refractivity contribution in [3.8, 4) is 45.6 Å². The Labute approximate surface area is 668 Å². The van der Waals surface area contributed by atoms with Crippen molar-refractivity contribution in [2.24, 2.45) is 41.1 Å². The molecule has 0 aromatic heterocycles. The van der Waals surface area contributed by atoms with E-state index in [-0.39, 0.29) is 108 Å². The van der Waals surface area contributed by atoms with E-state index in [0.29, 0.717) is 18.4 Å². The minimum absolute atomic E-state index is 0.00966. The van der Waals surface area contributed by atoms with Crippen LogP contribution < -0.4 is 73.5 Å². The Morgan fingerprint density at radius 3 is 1.86 bits per heavy atom. The molecule has 21 N–H and O–H groups in total. The van der Waals surface area contributed by atoms with Crippen molar-refractivity contribution in [1.29, 1.82) is 0 Å². The summed E-state index contributed by atoms with van der Waals surface area (Å²) in [6.45, 7) is 5.72. The fourth-order valence-electron chi connectivity index (χ4n) is 17.9. The van der Waals surface area contributed by atoms with Crippen LogP contribution >= 0.6 is 23.2 Å². The van der Waals surface area contributed by atoms with E-state index >= 15 is 24.0 Å². The number of hydrogen-bond donors (Lipinski definition) is 19. The van der Waals surface area contributed by atoms with Crippen LogP contribution in [-0.2, 0) is 55.4 Å². The van der Waals surface area contributed by atoms with Crippen LogP contribution in [0, 0.1) is 29.6 Å². The Morgan fingerprint density at radius 2 is 1.25 bits per heavy atom. The van der Waals surface area contributed by atoms with Crippen molar-refractivity contribution in [2.45, 2.75) is 221 Å². The third-order valence-corrected chi connectivity index (χ3v) is 24.2. The van der Waals surface area contributed by atoms with Crippen molar-refractivity contribution in [1.82, 2.24) is 47.9 Å². The number of aliphatic hydroxyl groups is 7. The van der Waals surface area contributed by atoms with Gasteiger partial charge in [-0.3, -0.25) is 38.4 Å². The number of aromatic hydroxyl groups is 1. The second-order valence-electron chi connectivity index (χ2n) is 32.0. The standard InChI is InChI=1S/C81H101Cl2N11O20/c1-5-6-7-8-9-10-11-12-19-87-34-46-52(95)31-45-59-44-26-38(13-16-47(44)81(109,110)60(46)59)62-75(104)94-66(79(108)92-64(45)77(106)89-61-41-22-36-21-37(24-41)25-42(61)23-36)68(98)40-15-18-54(49(83)28-40)112-56-30-43-29-55(72(56)114-80-71(101)70(100)69(99)57(33-84)113-80)111-53-17-14-39(27-48(53)82)67(97)65(93-73(102)50(86-4)20-35(2)3)78(107)88-51(32-58(85)96)74(103)90-63(43)76(105)91-62/h13-18,26-31,35-37,41-42,50-51,57,61-71,80,86-87,95,97-101,109-110H,5-12,19-25,32-34,84H2,1-4H3,(H2,85,96)(H,88,107)(H,89,106)(H,90,103)(H,91,105)(H,92,108)(H,93,102)(H,94,104)/t36?,37?,41?,42?,50-,51+,57-,61?,62-,63-,64+,65-,66+,67-,68-,69-,70+,71-,80+/m1/s1. The molecule has 16 rings (SSSR count). The number of ether oxygens (including phenoxy) is 4. The highest BCUT2D eigenvalue weighted by molar-refractivity contribution is 6.32. The first-order valence-electron chi connectivity index (χ1n) is 39.3. The molecule has 5 aliphatic carbocycles. The minimum Gasteiger partial charge on any atom is -0.508 e. The highest BCUT2D eigenvalue weighted by Crippen LogP contribution is 2.56. The molecule has 114 heavy (non-hydrogen) atoms. The van der Waals surface area contributed by atoms with Crippen LogP contribution in [0.5, 0.6) is 34.5 Å². The first-order chi connectivity index (χ1) is 54.4. The lowest BCUT2D eigenvalue weighted by Gasteiger charge is -2.54. The zero-order chi connectivity index (χ0) is 81.5. The van der Waals surface area contributed by atoms with Crippen LogP contribution in [0.3, 0.4) is 0 Å². The third-order valence-electron chi connectivity index (χ3n) is 23.6. The van der Waals surface area contributed by atoms with Crippen molar-refractivity contribution >= 4 is 70.5 Å². The molecule has 0 spiro atoms. The number of hydrogen-bond acceptors (Lipinski definition) is 23. The summed E-state index contributed by atoms with van der Waals surface area (Å²) < 4.78 is 25.7. The number of likely N-dealkylation sites (N-methyl/N-ethyl adjacent to an activating group) is 1. The first-order valence-corrected chi connectivity index (χ1v) is 40.0. The smallest absolute Gasteiger partial charge is 0.248 e. The Balaban J connectivity index is 0.995. The van der Waals surface area contributed by atoms with E-state index in [1.807, 2.05) is 13.8 Å². The molecule has 15 bridgehead atoms. The molecule has 6 heterocycles. The van der Waals surface area contributed by atoms with Crippen molar-refractivity contribution in [3.63, 3.8) is 0 Å². The van der Waals surface area contributed by atoms with Gasteiger partial charge in [0.15, 0.2) is 11.5 Å². The number of amides is 8. The lowest BCUT2D eigenvalue weighted by Crippen LogP contribution is -2.60. The predicted octanol–water partition coefficient (Wildman–Crippen LogP) is 4.01. The fourth-order valence-corrected chi connectivity index (χ4v) is 18.4. The number of phenols is 1. The van der Waals surface area contributed by atoms with Gasteiger partial charge in [-0.15, -0.1) is 0 Å². The van der Waals surface area contributed by atoms with E-state index in [1.54, 1.807) is 0 Å². The Morgan fingerprint density at radius 1 is 0.658 bits per heavy atom. The highest BCUT2D eigenvalue weighted by Gasteiger charge is 2.53. The molecule has 8 amide bonds. The normalized spacial score (nSPS) is 28.9. The number of carbonyl (C=O) groups excluding carboxylic acids is 8. The molecule has 0 unspecified atom stereocenters. The quantitative estimate of drug-likeness (QED) is 0.0324. The maximum Gasteiger partial charge on any atom is 0.248 e. The monoisotopic (exact) mass is 1620 g/mol. The van der Waals surface area contributed by atoms with Gasteiger partial charge in [0.1, 0.15) is 90.1 Å². The molecule has 6 aliphatic heterocycles. The number of rotatable bonds is 23. The van der Waals surface area contributed by atoms with Crippen LogP contribution in [-0.4, -0.2) is 169 Å². The predicted molar refractivity (Wildman–Crippen MR) is 412 cm³/mol. The lowest BCUT2D eigenvalue weighted by molar-refractivity contribution is -0.270. The van der Waals surface area contributed by atoms with Crippen LogP contribution in [0.1, 0.15) is 192 Å². The van der Waals surface area contributed by atoms with Gasteiger partial charge in [-0.05, 0) is 176 Å². The molecule has 31 nitrogen and oxygen atoms in total. The van der Waals surface area contributed by atoms with Crippen LogP contribution in [0.25, 0.3) is 11.1 Å². The average molecular weight is 1620 g/mol. The van der Waals surface area contributed by atoms with Gasteiger partial charge >= 0.3 is 0 Å². The van der Waals surface area contributed by atoms with Gasteiger partial charge in [-0.25, -0.2) is 0 Å². The molecule has 614 valence electrons. The number of aliphatic hydroxyl groups excluding tert-OH is 5. The summed E-state index contributed by atoms with van der Waals surface area (Å²) in [5.41, 5.74) is 10.2. The van der Waals surface area contributed by atoms with Gasteiger partial charge in [0.05, 0.1) is 22.5 Å². The summed E-state index contributed by atoms with van der Waals surface area (Å²) in [7, 11) is 1.50. The molecular formula is C81H101Cl2N11O20. The molecule has 5 fully saturated rings. The summed E-state index contributed by atoms with van der Waals surface area (Å²) in [4.78, 5) is 122. The maximum atomic E-state index is 16.4. The fraction of sp³-hybridized carbons (Fsp3) is 0.531. The van der Waals surface area contributed by atoms with Crippen molar-refractivity contribution in [2.75, 3.05) is 20.1 Å². The minimum atomic E-state index is -3.00. The molecule has 0 radical (unpaired) electrons. The van der Waals surface area contributed by atoms with Gasteiger partial charge in [0, 0.05) is 35.8 Å². The van der Waals surface area contributed by atoms with Crippen molar-refractivity contribution in [3.05, 3.63) is 127 Å². The molecule has 33 heteroatoms. The average Bonchev–Trinajstić information content (AvgIpc) is 1.54. The largest absolute Gasteiger partial charge is 0.508 e. The van der Waals surface area contributed by atoms with E-state index in [2.05, 4.69) is 54.8 Å². The first kappa shape index (κ1) is 83.2. The highest BCUT2D eigenvalue weighted by atomic mass is 35.5. The van der Waals surface area contributed by atoms with Crippen molar-refractivity contribution < 1.29 is 98.2 Å². The SMILES string of the molecule is CCCCCCCCCCNCc1c(O)cc2c3c1C(O)(O)c1ccc(cc1-3)[C@H]1NC(=O)[C@@H]3NC(=O)[C@H](CC(N)=O)NC(=O)[C@H](NC(=O)[C@@H](CC(C)C)NC)[C@H](O)c4ccc(c(Cl)c4)Oc4cc3cc(c4O[C@@H]3O[C@H](CN)[C@@H](O)[C@H](O)[C@H]3O)Oc3ccc(cc3Cl)[C@@H](O)[C@H](NC1=O)C(=O)N[C@@H]2C(=O)NC1C2CC3CC(C2)CC1C3. The summed E-state index contributed by atoms with van der Waals surface area (Å²) in [6.07, 6.45) is -1.40. The van der Waals surface area contributed by atoms with Gasteiger partial charge in [-0.1, -0.05) is 113 Å². The number of benzene rings is 5. The van der Waals surface area contributed by atoms with E-state index in [1.165, 1.54) is 67.7 Å². The van der Waals surface area contributed by atoms with Crippen LogP contribution in [0.15, 0.2) is 72.8 Å². The molecule has 4 saturated carbocycles. The van der Waals surface area contributed by atoms with Gasteiger partial charge in [0.25, 0.3) is 0 Å². The van der Waals surface area contributed by atoms with Crippen LogP contribution in [0.4, 0.5) is 0 Å². The number of fused-ring (bicyclic) bond motifs is 12. The van der Waals surface area contributed by atoms with Gasteiger partial charge in [-0.2, -0.15) is 0 Å². The van der Waals surface area contributed by atoms with E-state index < -0.39 is 180 Å². The molecular weight excluding hydrogens is 1520 g/mol. The Kier molecular flexibility index (Phi) is 25.5. The van der Waals surface area contributed by atoms with Gasteiger partial charge < -0.3 is 119 Å². The maximum absolute atomic E-state index is 16.4. The molecule has 11 aliphatic rings. The third kappa shape index (κ3) is 17.2. The summed E-state index contributed by atoms with van der Waals surface area (Å²) >= 11 is 14.3.